The molecule has 0 N–H and O–H groups in total. The Morgan fingerprint density at radius 1 is 1.15 bits per heavy atom. The molecule has 0 amide bonds. The highest BCUT2D eigenvalue weighted by molar-refractivity contribution is 7.99. The van der Waals surface area contributed by atoms with Gasteiger partial charge in [0.2, 0.25) is 0 Å². The molecule has 0 unspecified atom stereocenters. The third-order valence-electron chi connectivity index (χ3n) is 3.69. The molecule has 3 rings (SSSR count). The lowest BCUT2D eigenvalue weighted by Gasteiger charge is -2.13. The van der Waals surface area contributed by atoms with Crippen LogP contribution in [0, 0.1) is 0 Å². The summed E-state index contributed by atoms with van der Waals surface area (Å²) in [4.78, 5) is 14.9. The number of methoxy groups -OCH3 is 1. The predicted molar refractivity (Wildman–Crippen MR) is 80.9 cm³/mol. The van der Waals surface area contributed by atoms with E-state index in [1.54, 1.807) is 18.9 Å². The van der Waals surface area contributed by atoms with Crippen LogP contribution in [0.15, 0.2) is 52.3 Å². The van der Waals surface area contributed by atoms with Gasteiger partial charge in [-0.2, -0.15) is 0 Å². The molecule has 0 saturated heterocycles. The first-order valence-electron chi connectivity index (χ1n) is 6.73. The summed E-state index contributed by atoms with van der Waals surface area (Å²) >= 11 is 1.65. The topological polar surface area (TPSA) is 26.3 Å². The Hall–Kier alpha value is -1.74. The van der Waals surface area contributed by atoms with Crippen LogP contribution in [0.3, 0.4) is 0 Å². The molecule has 20 heavy (non-hydrogen) atoms. The largest absolute Gasteiger partial charge is 0.497 e. The highest BCUT2D eigenvalue weighted by Crippen LogP contribution is 2.43. The van der Waals surface area contributed by atoms with Crippen LogP contribution >= 0.6 is 11.8 Å². The molecular weight excluding hydrogens is 268 g/mol. The van der Waals surface area contributed by atoms with Gasteiger partial charge < -0.3 is 4.74 Å². The highest BCUT2D eigenvalue weighted by Gasteiger charge is 2.28. The maximum atomic E-state index is 12.8. The summed E-state index contributed by atoms with van der Waals surface area (Å²) in [5, 5.41) is 0. The van der Waals surface area contributed by atoms with Crippen molar-refractivity contribution in [1.29, 1.82) is 0 Å². The summed E-state index contributed by atoms with van der Waals surface area (Å²) in [6.07, 6.45) is 0.821. The summed E-state index contributed by atoms with van der Waals surface area (Å²) in [7, 11) is 1.65. The average Bonchev–Trinajstić information content (AvgIpc) is 2.60. The van der Waals surface area contributed by atoms with Gasteiger partial charge in [-0.05, 0) is 36.2 Å². The van der Waals surface area contributed by atoms with Crippen molar-refractivity contribution in [3.63, 3.8) is 0 Å². The van der Waals surface area contributed by atoms with E-state index < -0.39 is 0 Å². The van der Waals surface area contributed by atoms with E-state index in [2.05, 4.69) is 19.1 Å². The monoisotopic (exact) mass is 284 g/mol. The lowest BCUT2D eigenvalue weighted by molar-refractivity contribution is 0.0954. The van der Waals surface area contributed by atoms with E-state index in [0.717, 1.165) is 28.2 Å². The molecule has 0 aliphatic carbocycles. The second kappa shape index (κ2) is 5.33. The van der Waals surface area contributed by atoms with E-state index in [1.807, 2.05) is 30.3 Å². The number of carbonyl (C=O) groups excluding carboxylic acids is 1. The molecular formula is C17H16O2S. The van der Waals surface area contributed by atoms with Crippen molar-refractivity contribution < 1.29 is 9.53 Å². The molecule has 0 radical (unpaired) electrons. The summed E-state index contributed by atoms with van der Waals surface area (Å²) < 4.78 is 5.27. The van der Waals surface area contributed by atoms with Crippen LogP contribution in [0.1, 0.15) is 35.2 Å². The van der Waals surface area contributed by atoms with Crippen LogP contribution in [-0.2, 0) is 0 Å². The number of ketones is 1. The Morgan fingerprint density at radius 2 is 1.95 bits per heavy atom. The minimum absolute atomic E-state index is 0.0478. The first-order chi connectivity index (χ1) is 9.74. The second-order valence-electron chi connectivity index (χ2n) is 4.83. The SMILES string of the molecule is CC[C@H]1C(=O)c2ccc(OC)cc2Sc2ccccc21. The zero-order chi connectivity index (χ0) is 14.1. The molecule has 0 fully saturated rings. The van der Waals surface area contributed by atoms with Crippen LogP contribution in [0.2, 0.25) is 0 Å². The van der Waals surface area contributed by atoms with Crippen LogP contribution < -0.4 is 4.74 Å². The quantitative estimate of drug-likeness (QED) is 0.810. The van der Waals surface area contributed by atoms with Gasteiger partial charge in [-0.25, -0.2) is 0 Å². The molecule has 2 aromatic rings. The third kappa shape index (κ3) is 2.12. The molecule has 102 valence electrons. The van der Waals surface area contributed by atoms with Gasteiger partial charge in [0.1, 0.15) is 5.75 Å². The predicted octanol–water partition coefficient (Wildman–Crippen LogP) is 4.54. The fourth-order valence-electron chi connectivity index (χ4n) is 2.63. The van der Waals surface area contributed by atoms with E-state index in [0.29, 0.717) is 0 Å². The zero-order valence-corrected chi connectivity index (χ0v) is 12.4. The number of fused-ring (bicyclic) bond motifs is 2. The maximum absolute atomic E-state index is 12.8. The molecule has 0 spiro atoms. The van der Waals surface area contributed by atoms with Gasteiger partial charge in [0.15, 0.2) is 5.78 Å². The Bertz CT molecular complexity index is 664. The Labute approximate surface area is 123 Å². The van der Waals surface area contributed by atoms with Gasteiger partial charge in [0.05, 0.1) is 7.11 Å². The molecule has 1 aliphatic rings. The van der Waals surface area contributed by atoms with E-state index in [9.17, 15) is 4.79 Å². The van der Waals surface area contributed by atoms with Crippen LogP contribution in [0.25, 0.3) is 0 Å². The fraction of sp³-hybridized carbons (Fsp3) is 0.235. The molecule has 0 bridgehead atoms. The van der Waals surface area contributed by atoms with Gasteiger partial charge in [-0.15, -0.1) is 0 Å². The minimum atomic E-state index is -0.0478. The average molecular weight is 284 g/mol. The van der Waals surface area contributed by atoms with Crippen molar-refractivity contribution in [3.05, 3.63) is 53.6 Å². The van der Waals surface area contributed by atoms with Gasteiger partial charge in [0, 0.05) is 21.3 Å². The molecule has 1 atom stereocenters. The first kappa shape index (κ1) is 13.3. The van der Waals surface area contributed by atoms with Crippen LogP contribution in [0.4, 0.5) is 0 Å². The number of ether oxygens (including phenoxy) is 1. The minimum Gasteiger partial charge on any atom is -0.497 e. The van der Waals surface area contributed by atoms with E-state index in [-0.39, 0.29) is 11.7 Å². The summed E-state index contributed by atoms with van der Waals surface area (Å²) in [6, 6.07) is 13.9. The highest BCUT2D eigenvalue weighted by atomic mass is 32.2. The molecule has 3 heteroatoms. The summed E-state index contributed by atoms with van der Waals surface area (Å²) in [5.41, 5.74) is 1.94. The van der Waals surface area contributed by atoms with E-state index in [1.165, 1.54) is 4.90 Å². The lowest BCUT2D eigenvalue weighted by Crippen LogP contribution is -2.12. The van der Waals surface area contributed by atoms with Crippen molar-refractivity contribution in [2.45, 2.75) is 29.1 Å². The molecule has 2 nitrogen and oxygen atoms in total. The summed E-state index contributed by atoms with van der Waals surface area (Å²) in [5.74, 6) is 0.951. The number of rotatable bonds is 2. The first-order valence-corrected chi connectivity index (χ1v) is 7.55. The number of benzene rings is 2. The van der Waals surface area contributed by atoms with Gasteiger partial charge in [-0.3, -0.25) is 4.79 Å². The van der Waals surface area contributed by atoms with Gasteiger partial charge >= 0.3 is 0 Å². The molecule has 0 saturated carbocycles. The third-order valence-corrected chi connectivity index (χ3v) is 4.84. The summed E-state index contributed by atoms with van der Waals surface area (Å²) in [6.45, 7) is 2.07. The van der Waals surface area contributed by atoms with Crippen molar-refractivity contribution >= 4 is 17.5 Å². The van der Waals surface area contributed by atoms with E-state index in [4.69, 9.17) is 4.74 Å². The molecule has 2 aromatic carbocycles. The Balaban J connectivity index is 2.19. The van der Waals surface area contributed by atoms with Crippen molar-refractivity contribution in [2.24, 2.45) is 0 Å². The fourth-order valence-corrected chi connectivity index (χ4v) is 3.80. The number of carbonyl (C=O) groups is 1. The number of hydrogen-bond acceptors (Lipinski definition) is 3. The van der Waals surface area contributed by atoms with Gasteiger partial charge in [0.25, 0.3) is 0 Å². The normalized spacial score (nSPS) is 17.1. The zero-order valence-electron chi connectivity index (χ0n) is 11.6. The van der Waals surface area contributed by atoms with Gasteiger partial charge in [-0.1, -0.05) is 36.9 Å². The molecule has 1 heterocycles. The van der Waals surface area contributed by atoms with Crippen LogP contribution in [0.5, 0.6) is 5.75 Å². The standard InChI is InChI=1S/C17H16O2S/c1-3-12-13-6-4-5-7-15(13)20-16-10-11(19-2)8-9-14(16)17(12)18/h4-10,12H,3H2,1-2H3/t12-/m1/s1. The number of Topliss-reactive ketones (excluding diaryl/α,β-unsaturated/α-hetero) is 1. The number of hydrogen-bond donors (Lipinski definition) is 0. The molecule has 0 aromatic heterocycles. The smallest absolute Gasteiger partial charge is 0.171 e. The lowest BCUT2D eigenvalue weighted by atomic mass is 9.89. The Kier molecular flexibility index (Phi) is 3.53. The van der Waals surface area contributed by atoms with Crippen molar-refractivity contribution in [2.75, 3.05) is 7.11 Å². The van der Waals surface area contributed by atoms with Crippen molar-refractivity contribution in [3.8, 4) is 5.75 Å². The van der Waals surface area contributed by atoms with Crippen molar-refractivity contribution in [1.82, 2.24) is 0 Å². The molecule has 1 aliphatic heterocycles. The van der Waals surface area contributed by atoms with Crippen LogP contribution in [-0.4, -0.2) is 12.9 Å². The second-order valence-corrected chi connectivity index (χ2v) is 5.91. The maximum Gasteiger partial charge on any atom is 0.171 e. The Morgan fingerprint density at radius 3 is 2.70 bits per heavy atom. The van der Waals surface area contributed by atoms with E-state index >= 15 is 0 Å².